The highest BCUT2D eigenvalue weighted by molar-refractivity contribution is 5.78. The molecule has 1 aromatic heterocycles. The number of hydrogen-bond donors (Lipinski definition) is 2. The number of hydrogen-bond acceptors (Lipinski definition) is 4. The van der Waals surface area contributed by atoms with E-state index in [0.717, 1.165) is 10.9 Å². The number of para-hydroxylation sites is 1. The van der Waals surface area contributed by atoms with Crippen LogP contribution in [0, 0.1) is 0 Å². The Bertz CT molecular complexity index is 471. The molecular weight excluding hydrogens is 202 g/mol. The summed E-state index contributed by atoms with van der Waals surface area (Å²) < 4.78 is 0. The van der Waals surface area contributed by atoms with Gasteiger partial charge in [-0.25, -0.2) is 9.97 Å². The van der Waals surface area contributed by atoms with E-state index >= 15 is 0 Å². The van der Waals surface area contributed by atoms with Crippen LogP contribution in [0.25, 0.3) is 10.9 Å². The van der Waals surface area contributed by atoms with Crippen LogP contribution in [0.4, 0.5) is 5.95 Å². The summed E-state index contributed by atoms with van der Waals surface area (Å²) in [4.78, 5) is 8.57. The Morgan fingerprint density at radius 2 is 2.19 bits per heavy atom. The molecule has 2 aromatic rings. The number of nitrogens with zero attached hydrogens (tertiary/aromatic N) is 2. The van der Waals surface area contributed by atoms with Gasteiger partial charge in [-0.3, -0.25) is 0 Å². The van der Waals surface area contributed by atoms with E-state index in [1.165, 1.54) is 0 Å². The maximum Gasteiger partial charge on any atom is 0.223 e. The lowest BCUT2D eigenvalue weighted by Gasteiger charge is -2.06. The predicted octanol–water partition coefficient (Wildman–Crippen LogP) is 1.81. The van der Waals surface area contributed by atoms with Gasteiger partial charge in [-0.05, 0) is 19.4 Å². The highest BCUT2D eigenvalue weighted by Crippen LogP contribution is 2.11. The van der Waals surface area contributed by atoms with Crippen molar-refractivity contribution in [2.24, 2.45) is 0 Å². The number of anilines is 1. The average molecular weight is 217 g/mol. The lowest BCUT2D eigenvalue weighted by atomic mass is 10.2. The van der Waals surface area contributed by atoms with Crippen LogP contribution < -0.4 is 5.32 Å². The van der Waals surface area contributed by atoms with Gasteiger partial charge in [0.15, 0.2) is 0 Å². The van der Waals surface area contributed by atoms with Gasteiger partial charge < -0.3 is 10.4 Å². The number of aromatic nitrogens is 2. The molecule has 0 saturated carbocycles. The Morgan fingerprint density at radius 3 is 3.00 bits per heavy atom. The number of nitrogens with one attached hydrogen (secondary N) is 1. The number of fused-ring (bicyclic) bond motifs is 1. The molecule has 1 heterocycles. The molecule has 0 fully saturated rings. The summed E-state index contributed by atoms with van der Waals surface area (Å²) in [5.74, 6) is 0.611. The van der Waals surface area contributed by atoms with E-state index in [9.17, 15) is 0 Å². The predicted molar refractivity (Wildman–Crippen MR) is 64.3 cm³/mol. The van der Waals surface area contributed by atoms with Crippen molar-refractivity contribution in [2.45, 2.75) is 19.4 Å². The average Bonchev–Trinajstić information content (AvgIpc) is 2.28. The van der Waals surface area contributed by atoms with Gasteiger partial charge in [-0.2, -0.15) is 0 Å². The molecule has 0 radical (unpaired) electrons. The molecule has 0 saturated heterocycles. The molecule has 1 unspecified atom stereocenters. The van der Waals surface area contributed by atoms with Gasteiger partial charge in [0.2, 0.25) is 5.95 Å². The Labute approximate surface area is 94.4 Å². The Morgan fingerprint density at radius 1 is 1.38 bits per heavy atom. The molecular formula is C12H15N3O. The lowest BCUT2D eigenvalue weighted by molar-refractivity contribution is 0.188. The fraction of sp³-hybridized carbons (Fsp3) is 0.333. The number of aliphatic hydroxyl groups excluding tert-OH is 1. The monoisotopic (exact) mass is 217 g/mol. The van der Waals surface area contributed by atoms with Gasteiger partial charge >= 0.3 is 0 Å². The summed E-state index contributed by atoms with van der Waals surface area (Å²) >= 11 is 0. The quantitative estimate of drug-likeness (QED) is 0.820. The summed E-state index contributed by atoms with van der Waals surface area (Å²) in [5.41, 5.74) is 0.928. The van der Waals surface area contributed by atoms with Crippen LogP contribution in [0.3, 0.4) is 0 Å². The Balaban J connectivity index is 2.08. The number of aliphatic hydroxyl groups is 1. The van der Waals surface area contributed by atoms with Crippen molar-refractivity contribution in [1.29, 1.82) is 0 Å². The molecule has 1 atom stereocenters. The van der Waals surface area contributed by atoms with Crippen LogP contribution in [0.15, 0.2) is 30.5 Å². The summed E-state index contributed by atoms with van der Waals surface area (Å²) in [6, 6.07) is 7.85. The Kier molecular flexibility index (Phi) is 3.31. The van der Waals surface area contributed by atoms with Crippen molar-refractivity contribution in [3.05, 3.63) is 30.5 Å². The second-order valence-corrected chi connectivity index (χ2v) is 3.82. The van der Waals surface area contributed by atoms with Crippen molar-refractivity contribution in [3.8, 4) is 0 Å². The van der Waals surface area contributed by atoms with Crippen LogP contribution in [-0.4, -0.2) is 27.7 Å². The third-order valence-electron chi connectivity index (χ3n) is 2.33. The zero-order valence-corrected chi connectivity index (χ0v) is 9.22. The Hall–Kier alpha value is -1.68. The smallest absolute Gasteiger partial charge is 0.223 e. The fourth-order valence-electron chi connectivity index (χ4n) is 1.45. The molecule has 0 aliphatic heterocycles. The van der Waals surface area contributed by atoms with Crippen LogP contribution >= 0.6 is 0 Å². The van der Waals surface area contributed by atoms with Crippen LogP contribution in [0.5, 0.6) is 0 Å². The minimum Gasteiger partial charge on any atom is -0.393 e. The van der Waals surface area contributed by atoms with Gasteiger partial charge in [-0.1, -0.05) is 18.2 Å². The second kappa shape index (κ2) is 4.90. The summed E-state index contributed by atoms with van der Waals surface area (Å²) in [5, 5.41) is 13.2. The SMILES string of the molecule is CC(O)CCNc1ncc2ccccc2n1. The van der Waals surface area contributed by atoms with Crippen molar-refractivity contribution in [2.75, 3.05) is 11.9 Å². The first-order valence-corrected chi connectivity index (χ1v) is 5.39. The molecule has 0 spiro atoms. The third-order valence-corrected chi connectivity index (χ3v) is 2.33. The normalized spacial score (nSPS) is 12.6. The molecule has 0 aliphatic carbocycles. The maximum atomic E-state index is 9.12. The van der Waals surface area contributed by atoms with E-state index in [-0.39, 0.29) is 6.10 Å². The molecule has 16 heavy (non-hydrogen) atoms. The fourth-order valence-corrected chi connectivity index (χ4v) is 1.45. The zero-order chi connectivity index (χ0) is 11.4. The minimum atomic E-state index is -0.298. The first-order chi connectivity index (χ1) is 7.75. The first-order valence-electron chi connectivity index (χ1n) is 5.39. The summed E-state index contributed by atoms with van der Waals surface area (Å²) in [6.45, 7) is 2.44. The lowest BCUT2D eigenvalue weighted by Crippen LogP contribution is -2.11. The summed E-state index contributed by atoms with van der Waals surface area (Å²) in [7, 11) is 0. The van der Waals surface area contributed by atoms with E-state index in [0.29, 0.717) is 18.9 Å². The van der Waals surface area contributed by atoms with Crippen LogP contribution in [0.1, 0.15) is 13.3 Å². The molecule has 1 aromatic carbocycles. The molecule has 2 N–H and O–H groups in total. The maximum absolute atomic E-state index is 9.12. The molecule has 0 bridgehead atoms. The molecule has 4 heteroatoms. The van der Waals surface area contributed by atoms with Crippen LogP contribution in [0.2, 0.25) is 0 Å². The third kappa shape index (κ3) is 2.67. The van der Waals surface area contributed by atoms with Gasteiger partial charge in [0, 0.05) is 18.1 Å². The van der Waals surface area contributed by atoms with Crippen molar-refractivity contribution < 1.29 is 5.11 Å². The van der Waals surface area contributed by atoms with E-state index < -0.39 is 0 Å². The van der Waals surface area contributed by atoms with Gasteiger partial charge in [0.1, 0.15) is 0 Å². The van der Waals surface area contributed by atoms with Crippen molar-refractivity contribution in [3.63, 3.8) is 0 Å². The van der Waals surface area contributed by atoms with Gasteiger partial charge in [-0.15, -0.1) is 0 Å². The van der Waals surface area contributed by atoms with Crippen molar-refractivity contribution in [1.82, 2.24) is 9.97 Å². The largest absolute Gasteiger partial charge is 0.393 e. The topological polar surface area (TPSA) is 58.0 Å². The zero-order valence-electron chi connectivity index (χ0n) is 9.22. The summed E-state index contributed by atoms with van der Waals surface area (Å²) in [6.07, 6.45) is 2.19. The van der Waals surface area contributed by atoms with Gasteiger partial charge in [0.05, 0.1) is 11.6 Å². The number of benzene rings is 1. The molecule has 0 amide bonds. The van der Waals surface area contributed by atoms with E-state index in [2.05, 4.69) is 15.3 Å². The second-order valence-electron chi connectivity index (χ2n) is 3.82. The standard InChI is InChI=1S/C12H15N3O/c1-9(16)6-7-13-12-14-8-10-4-2-3-5-11(10)15-12/h2-5,8-9,16H,6-7H2,1H3,(H,13,14,15). The van der Waals surface area contributed by atoms with Gasteiger partial charge in [0.25, 0.3) is 0 Å². The van der Waals surface area contributed by atoms with E-state index in [1.807, 2.05) is 24.3 Å². The highest BCUT2D eigenvalue weighted by atomic mass is 16.3. The highest BCUT2D eigenvalue weighted by Gasteiger charge is 1.99. The minimum absolute atomic E-state index is 0.298. The van der Waals surface area contributed by atoms with Crippen molar-refractivity contribution >= 4 is 16.9 Å². The molecule has 4 nitrogen and oxygen atoms in total. The first kappa shape index (κ1) is 10.8. The molecule has 2 rings (SSSR count). The molecule has 0 aliphatic rings. The molecule has 84 valence electrons. The number of rotatable bonds is 4. The van der Waals surface area contributed by atoms with E-state index in [4.69, 9.17) is 5.11 Å². The van der Waals surface area contributed by atoms with Crippen LogP contribution in [-0.2, 0) is 0 Å². The van der Waals surface area contributed by atoms with E-state index in [1.54, 1.807) is 13.1 Å².